The first-order chi connectivity index (χ1) is 14.3. The molecule has 1 aliphatic heterocycles. The molecule has 0 bridgehead atoms. The quantitative estimate of drug-likeness (QED) is 0.539. The number of benzene rings is 3. The maximum Gasteiger partial charge on any atom is 0.258 e. The van der Waals surface area contributed by atoms with E-state index >= 15 is 0 Å². The molecule has 0 aliphatic carbocycles. The molecule has 1 amide bonds. The van der Waals surface area contributed by atoms with Crippen LogP contribution in [0.2, 0.25) is 0 Å². The van der Waals surface area contributed by atoms with Gasteiger partial charge in [0.25, 0.3) is 5.91 Å². The van der Waals surface area contributed by atoms with Gasteiger partial charge in [-0.3, -0.25) is 4.79 Å². The normalized spacial score (nSPS) is 19.8. The number of hydrogen-bond donors (Lipinski definition) is 0. The molecule has 0 unspecified atom stereocenters. The Morgan fingerprint density at radius 3 is 2.20 bits per heavy atom. The summed E-state index contributed by atoms with van der Waals surface area (Å²) in [7, 11) is 1.66. The molecular formula is C26H26FNO2. The second kappa shape index (κ2) is 7.28. The highest BCUT2D eigenvalue weighted by atomic mass is 19.1. The third-order valence-corrected chi connectivity index (χ3v) is 6.15. The zero-order valence-electron chi connectivity index (χ0n) is 17.8. The highest BCUT2D eigenvalue weighted by Gasteiger charge is 2.47. The van der Waals surface area contributed by atoms with Gasteiger partial charge >= 0.3 is 0 Å². The maximum atomic E-state index is 13.5. The molecule has 3 aromatic carbocycles. The summed E-state index contributed by atoms with van der Waals surface area (Å²) in [5.41, 5.74) is 2.93. The molecule has 1 heterocycles. The lowest BCUT2D eigenvalue weighted by atomic mass is 9.65. The number of para-hydroxylation sites is 1. The van der Waals surface area contributed by atoms with E-state index in [1.165, 1.54) is 17.7 Å². The molecule has 154 valence electrons. The summed E-state index contributed by atoms with van der Waals surface area (Å²) in [6, 6.07) is 22.0. The number of ether oxygens (including phenoxy) is 1. The zero-order chi connectivity index (χ0) is 21.5. The molecule has 0 radical (unpaired) electrons. The standard InChI is InChI=1S/C26H26FNO2/c1-25(2)17-26(3,19-11-15-21(30-4)16-12-19)22-7-5-6-8-23(22)28(25)24(29)18-9-13-20(27)14-10-18/h5-16H,17H2,1-4H3/t26-/m0/s1. The molecule has 4 rings (SSSR count). The molecule has 0 N–H and O–H groups in total. The largest absolute Gasteiger partial charge is 0.497 e. The Hall–Kier alpha value is -3.14. The van der Waals surface area contributed by atoms with Gasteiger partial charge in [-0.15, -0.1) is 0 Å². The van der Waals surface area contributed by atoms with E-state index in [1.807, 2.05) is 35.2 Å². The molecule has 0 fully saturated rings. The van der Waals surface area contributed by atoms with Crippen LogP contribution in [0.3, 0.4) is 0 Å². The van der Waals surface area contributed by atoms with Crippen LogP contribution >= 0.6 is 0 Å². The highest BCUT2D eigenvalue weighted by Crippen LogP contribution is 2.50. The van der Waals surface area contributed by atoms with Crippen LogP contribution in [0.15, 0.2) is 72.8 Å². The van der Waals surface area contributed by atoms with Gasteiger partial charge < -0.3 is 9.64 Å². The number of halogens is 1. The number of nitrogens with zero attached hydrogens (tertiary/aromatic N) is 1. The van der Waals surface area contributed by atoms with E-state index in [4.69, 9.17) is 4.74 Å². The molecule has 3 aromatic rings. The van der Waals surface area contributed by atoms with Crippen molar-refractivity contribution in [1.82, 2.24) is 0 Å². The van der Waals surface area contributed by atoms with Crippen molar-refractivity contribution in [2.45, 2.75) is 38.1 Å². The lowest BCUT2D eigenvalue weighted by molar-refractivity contribution is 0.0948. The molecule has 0 saturated heterocycles. The van der Waals surface area contributed by atoms with Crippen molar-refractivity contribution in [1.29, 1.82) is 0 Å². The van der Waals surface area contributed by atoms with Gasteiger partial charge in [0.1, 0.15) is 11.6 Å². The predicted octanol–water partition coefficient (Wildman–Crippen LogP) is 5.97. The average Bonchev–Trinajstić information content (AvgIpc) is 2.73. The van der Waals surface area contributed by atoms with Crippen molar-refractivity contribution in [3.63, 3.8) is 0 Å². The third kappa shape index (κ3) is 3.26. The van der Waals surface area contributed by atoms with E-state index in [1.54, 1.807) is 19.2 Å². The first-order valence-corrected chi connectivity index (χ1v) is 10.1. The monoisotopic (exact) mass is 403 g/mol. The van der Waals surface area contributed by atoms with Gasteiger partial charge in [0.15, 0.2) is 0 Å². The number of carbonyl (C=O) groups is 1. The van der Waals surface area contributed by atoms with Crippen LogP contribution in [-0.2, 0) is 5.41 Å². The van der Waals surface area contributed by atoms with Crippen LogP contribution < -0.4 is 9.64 Å². The fraction of sp³-hybridized carbons (Fsp3) is 0.269. The Bertz CT molecular complexity index is 1070. The number of rotatable bonds is 3. The summed E-state index contributed by atoms with van der Waals surface area (Å²) in [5.74, 6) is 0.347. The van der Waals surface area contributed by atoms with Crippen molar-refractivity contribution in [3.05, 3.63) is 95.3 Å². The minimum Gasteiger partial charge on any atom is -0.497 e. The molecule has 0 aromatic heterocycles. The lowest BCUT2D eigenvalue weighted by Crippen LogP contribution is -2.55. The van der Waals surface area contributed by atoms with E-state index in [0.717, 1.165) is 23.4 Å². The molecule has 0 spiro atoms. The number of amides is 1. The SMILES string of the molecule is COc1ccc([C@]2(C)CC(C)(C)N(C(=O)c3ccc(F)cc3)c3ccccc32)cc1. The minimum atomic E-state index is -0.450. The summed E-state index contributed by atoms with van der Waals surface area (Å²) >= 11 is 0. The molecule has 3 nitrogen and oxygen atoms in total. The van der Waals surface area contributed by atoms with Gasteiger partial charge in [-0.05, 0) is 73.9 Å². The van der Waals surface area contributed by atoms with E-state index in [2.05, 4.69) is 39.0 Å². The molecule has 1 aliphatic rings. The fourth-order valence-corrected chi connectivity index (χ4v) is 4.82. The molecule has 0 saturated carbocycles. The van der Waals surface area contributed by atoms with Gasteiger partial charge in [-0.2, -0.15) is 0 Å². The molecule has 4 heteroatoms. The van der Waals surface area contributed by atoms with Crippen molar-refractivity contribution in [2.75, 3.05) is 12.0 Å². The van der Waals surface area contributed by atoms with E-state index < -0.39 is 5.54 Å². The summed E-state index contributed by atoms with van der Waals surface area (Å²) in [6.07, 6.45) is 0.746. The Morgan fingerprint density at radius 1 is 0.933 bits per heavy atom. The van der Waals surface area contributed by atoms with Gasteiger partial charge in [0.2, 0.25) is 0 Å². The third-order valence-electron chi connectivity index (χ3n) is 6.15. The number of anilines is 1. The second-order valence-electron chi connectivity index (χ2n) is 8.71. The number of hydrogen-bond acceptors (Lipinski definition) is 2. The summed E-state index contributed by atoms with van der Waals surface area (Å²) in [6.45, 7) is 6.41. The molecule has 1 atom stereocenters. The van der Waals surface area contributed by atoms with Crippen molar-refractivity contribution < 1.29 is 13.9 Å². The second-order valence-corrected chi connectivity index (χ2v) is 8.71. The Kier molecular flexibility index (Phi) is 4.89. The van der Waals surface area contributed by atoms with E-state index in [9.17, 15) is 9.18 Å². The average molecular weight is 403 g/mol. The number of fused-ring (bicyclic) bond motifs is 1. The van der Waals surface area contributed by atoms with Gasteiger partial charge in [0.05, 0.1) is 7.11 Å². The summed E-state index contributed by atoms with van der Waals surface area (Å²) < 4.78 is 18.7. The van der Waals surface area contributed by atoms with Crippen molar-refractivity contribution >= 4 is 11.6 Å². The Morgan fingerprint density at radius 2 is 1.57 bits per heavy atom. The number of methoxy groups -OCH3 is 1. The zero-order valence-corrected chi connectivity index (χ0v) is 17.8. The fourth-order valence-electron chi connectivity index (χ4n) is 4.82. The van der Waals surface area contributed by atoms with E-state index in [0.29, 0.717) is 5.56 Å². The topological polar surface area (TPSA) is 29.5 Å². The van der Waals surface area contributed by atoms with E-state index in [-0.39, 0.29) is 17.1 Å². The van der Waals surface area contributed by atoms with Crippen LogP contribution in [0.4, 0.5) is 10.1 Å². The predicted molar refractivity (Wildman–Crippen MR) is 118 cm³/mol. The van der Waals surface area contributed by atoms with Gasteiger partial charge in [-0.1, -0.05) is 37.3 Å². The van der Waals surface area contributed by atoms with Gasteiger partial charge in [-0.25, -0.2) is 4.39 Å². The molecule has 30 heavy (non-hydrogen) atoms. The van der Waals surface area contributed by atoms with Crippen molar-refractivity contribution in [3.8, 4) is 5.75 Å². The van der Waals surface area contributed by atoms with Crippen molar-refractivity contribution in [2.24, 2.45) is 0 Å². The van der Waals surface area contributed by atoms with Crippen LogP contribution in [0.1, 0.15) is 48.7 Å². The smallest absolute Gasteiger partial charge is 0.258 e. The van der Waals surface area contributed by atoms with Crippen LogP contribution in [-0.4, -0.2) is 18.6 Å². The Labute approximate surface area is 177 Å². The van der Waals surface area contributed by atoms with Crippen LogP contribution in [0.25, 0.3) is 0 Å². The highest BCUT2D eigenvalue weighted by molar-refractivity contribution is 6.08. The molecular weight excluding hydrogens is 377 g/mol. The Balaban J connectivity index is 1.85. The maximum absolute atomic E-state index is 13.5. The minimum absolute atomic E-state index is 0.121. The van der Waals surface area contributed by atoms with Crippen LogP contribution in [0.5, 0.6) is 5.75 Å². The first kappa shape index (κ1) is 20.1. The first-order valence-electron chi connectivity index (χ1n) is 10.1. The lowest BCUT2D eigenvalue weighted by Gasteiger charge is -2.51. The summed E-state index contributed by atoms with van der Waals surface area (Å²) in [5, 5.41) is 0. The number of carbonyl (C=O) groups excluding carboxylic acids is 1. The van der Waals surface area contributed by atoms with Crippen LogP contribution in [0, 0.1) is 5.82 Å². The summed E-state index contributed by atoms with van der Waals surface area (Å²) in [4.78, 5) is 15.4. The van der Waals surface area contributed by atoms with Gasteiger partial charge in [0, 0.05) is 22.2 Å².